The minimum Gasteiger partial charge on any atom is -0.323 e. The zero-order valence-corrected chi connectivity index (χ0v) is 8.45. The number of thiol groups is 2. The molecule has 1 aromatic heterocycles. The number of rotatable bonds is 1. The van der Waals surface area contributed by atoms with Crippen molar-refractivity contribution < 1.29 is 4.79 Å². The Balaban J connectivity index is 0.000000310. The molecule has 0 spiro atoms. The van der Waals surface area contributed by atoms with Gasteiger partial charge in [-0.1, -0.05) is 31.3 Å². The largest absolute Gasteiger partial charge is 0.323 e. The Hall–Kier alpha value is -1.01. The molecule has 13 heavy (non-hydrogen) atoms. The highest BCUT2D eigenvalue weighted by atomic mass is 32.2. The third kappa shape index (κ3) is 8.90. The lowest BCUT2D eigenvalue weighted by molar-refractivity contribution is 0.277. The number of carbonyl (C=O) groups is 1. The molecule has 1 heterocycles. The van der Waals surface area contributed by atoms with Crippen LogP contribution in [0.3, 0.4) is 0 Å². The average Bonchev–Trinajstić information content (AvgIpc) is 2.06. The zero-order chi connectivity index (χ0) is 10.1. The van der Waals surface area contributed by atoms with Gasteiger partial charge in [0.05, 0.1) is 11.9 Å². The number of hydrazone groups is 1. The predicted octanol–water partition coefficient (Wildman–Crippen LogP) is 1.34. The lowest BCUT2D eigenvalue weighted by Gasteiger charge is -1.85. The summed E-state index contributed by atoms with van der Waals surface area (Å²) in [5.74, 6) is 4.89. The summed E-state index contributed by atoms with van der Waals surface area (Å²) in [4.78, 5) is 13.1. The first-order valence-corrected chi connectivity index (χ1v) is 4.12. The first-order chi connectivity index (χ1) is 6.16. The highest BCUT2D eigenvalue weighted by Crippen LogP contribution is 1.86. The van der Waals surface area contributed by atoms with Crippen molar-refractivity contribution in [3.05, 3.63) is 30.1 Å². The van der Waals surface area contributed by atoms with E-state index in [9.17, 15) is 4.79 Å². The molecule has 0 aliphatic rings. The second-order valence-corrected chi connectivity index (χ2v) is 2.98. The maximum atomic E-state index is 9.17. The third-order valence-corrected chi connectivity index (χ3v) is 0.895. The van der Waals surface area contributed by atoms with Crippen LogP contribution >= 0.6 is 25.3 Å². The second kappa shape index (κ2) is 7.63. The average molecular weight is 215 g/mol. The Morgan fingerprint density at radius 3 is 2.54 bits per heavy atom. The van der Waals surface area contributed by atoms with Crippen LogP contribution in [-0.4, -0.2) is 15.6 Å². The van der Waals surface area contributed by atoms with E-state index in [1.54, 1.807) is 6.20 Å². The predicted molar refractivity (Wildman–Crippen MR) is 59.4 cm³/mol. The Bertz CT molecular complexity index is 272. The Kier molecular flexibility index (Phi) is 7.04. The number of nitrogens with two attached hydrogens (primary N) is 1. The van der Waals surface area contributed by atoms with Gasteiger partial charge in [-0.25, -0.2) is 0 Å². The van der Waals surface area contributed by atoms with Crippen LogP contribution < -0.4 is 5.84 Å². The monoisotopic (exact) mass is 215 g/mol. The van der Waals surface area contributed by atoms with E-state index in [2.05, 4.69) is 35.3 Å². The first kappa shape index (κ1) is 12.0. The third-order valence-electron chi connectivity index (χ3n) is 0.895. The summed E-state index contributed by atoms with van der Waals surface area (Å²) in [7, 11) is 0. The van der Waals surface area contributed by atoms with Crippen LogP contribution in [0.2, 0.25) is 0 Å². The number of nitrogens with zero attached hydrogens (tertiary/aromatic N) is 2. The molecule has 0 saturated heterocycles. The first-order valence-electron chi connectivity index (χ1n) is 3.23. The summed E-state index contributed by atoms with van der Waals surface area (Å²) < 4.78 is -0.444. The van der Waals surface area contributed by atoms with Crippen LogP contribution in [-0.2, 0) is 0 Å². The molecule has 0 atom stereocenters. The number of aromatic nitrogens is 1. The molecule has 4 nitrogen and oxygen atoms in total. The summed E-state index contributed by atoms with van der Waals surface area (Å²) in [6, 6.07) is 5.55. The number of carbonyl (C=O) groups excluding carboxylic acids is 1. The van der Waals surface area contributed by atoms with Gasteiger partial charge in [0.15, 0.2) is 0 Å². The van der Waals surface area contributed by atoms with Gasteiger partial charge in [-0.3, -0.25) is 9.78 Å². The number of hydrogen-bond donors (Lipinski definition) is 3. The van der Waals surface area contributed by atoms with Crippen LogP contribution in [0.4, 0.5) is 4.79 Å². The van der Waals surface area contributed by atoms with Crippen LogP contribution in [0.1, 0.15) is 5.69 Å². The van der Waals surface area contributed by atoms with Crippen molar-refractivity contribution in [2.45, 2.75) is 0 Å². The van der Waals surface area contributed by atoms with Crippen molar-refractivity contribution in [2.24, 2.45) is 10.9 Å². The van der Waals surface area contributed by atoms with E-state index in [1.807, 2.05) is 18.2 Å². The standard InChI is InChI=1S/C6H7N3.CH2OS2/c7-9-5-6-3-1-2-4-8-6;2-1(3)4/h1-5H,7H2;(H2,2,3,4). The molecule has 0 fully saturated rings. The molecule has 0 unspecified atom stereocenters. The minimum atomic E-state index is -0.444. The highest BCUT2D eigenvalue weighted by Gasteiger charge is 1.81. The second-order valence-electron chi connectivity index (χ2n) is 1.82. The lowest BCUT2D eigenvalue weighted by Crippen LogP contribution is -1.88. The zero-order valence-electron chi connectivity index (χ0n) is 6.66. The Morgan fingerprint density at radius 1 is 1.54 bits per heavy atom. The molecule has 1 aromatic rings. The molecule has 0 radical (unpaired) electrons. The van der Waals surface area contributed by atoms with Gasteiger partial charge < -0.3 is 5.84 Å². The fraction of sp³-hybridized carbons (Fsp3) is 0. The van der Waals surface area contributed by atoms with Gasteiger partial charge in [-0.2, -0.15) is 5.10 Å². The van der Waals surface area contributed by atoms with Crippen molar-refractivity contribution in [3.8, 4) is 0 Å². The van der Waals surface area contributed by atoms with Gasteiger partial charge in [0.1, 0.15) is 0 Å². The van der Waals surface area contributed by atoms with E-state index in [0.717, 1.165) is 5.69 Å². The molecule has 0 bridgehead atoms. The van der Waals surface area contributed by atoms with Crippen LogP contribution in [0.15, 0.2) is 29.5 Å². The maximum absolute atomic E-state index is 9.17. The number of hydrogen-bond acceptors (Lipinski definition) is 4. The highest BCUT2D eigenvalue weighted by molar-refractivity contribution is 8.23. The lowest BCUT2D eigenvalue weighted by atomic mass is 10.4. The van der Waals surface area contributed by atoms with Crippen molar-refractivity contribution in [3.63, 3.8) is 0 Å². The SMILES string of the molecule is NN=Cc1ccccn1.O=C(S)S. The van der Waals surface area contributed by atoms with Crippen LogP contribution in [0.5, 0.6) is 0 Å². The molecule has 0 aliphatic carbocycles. The molecular weight excluding hydrogens is 206 g/mol. The molecule has 2 N–H and O–H groups in total. The summed E-state index contributed by atoms with van der Waals surface area (Å²) >= 11 is 6.38. The van der Waals surface area contributed by atoms with Crippen molar-refractivity contribution in [1.29, 1.82) is 0 Å². The molecule has 0 aromatic carbocycles. The van der Waals surface area contributed by atoms with E-state index >= 15 is 0 Å². The van der Waals surface area contributed by atoms with Gasteiger partial charge in [0, 0.05) is 6.20 Å². The van der Waals surface area contributed by atoms with Gasteiger partial charge in [-0.05, 0) is 12.1 Å². The molecular formula is C7H9N3OS2. The minimum absolute atomic E-state index is 0.444. The van der Waals surface area contributed by atoms with Gasteiger partial charge in [0.2, 0.25) is 4.45 Å². The van der Waals surface area contributed by atoms with Crippen LogP contribution in [0.25, 0.3) is 0 Å². The van der Waals surface area contributed by atoms with Gasteiger partial charge in [0.25, 0.3) is 0 Å². The topological polar surface area (TPSA) is 68.3 Å². The quantitative estimate of drug-likeness (QED) is 0.286. The number of pyridine rings is 1. The van der Waals surface area contributed by atoms with E-state index in [1.165, 1.54) is 6.21 Å². The molecule has 1 rings (SSSR count). The van der Waals surface area contributed by atoms with Crippen molar-refractivity contribution in [1.82, 2.24) is 4.98 Å². The fourth-order valence-corrected chi connectivity index (χ4v) is 0.529. The van der Waals surface area contributed by atoms with E-state index < -0.39 is 4.45 Å². The summed E-state index contributed by atoms with van der Waals surface area (Å²) in [5, 5.41) is 3.32. The molecule has 0 aliphatic heterocycles. The van der Waals surface area contributed by atoms with Gasteiger partial charge >= 0.3 is 0 Å². The van der Waals surface area contributed by atoms with Crippen molar-refractivity contribution in [2.75, 3.05) is 0 Å². The smallest absolute Gasteiger partial charge is 0.239 e. The normalized spacial score (nSPS) is 9.08. The molecule has 6 heteroatoms. The molecule has 0 saturated carbocycles. The van der Waals surface area contributed by atoms with Crippen LogP contribution in [0, 0.1) is 0 Å². The Morgan fingerprint density at radius 2 is 2.15 bits per heavy atom. The van der Waals surface area contributed by atoms with E-state index in [4.69, 9.17) is 5.84 Å². The van der Waals surface area contributed by atoms with Gasteiger partial charge in [-0.15, -0.1) is 0 Å². The summed E-state index contributed by atoms with van der Waals surface area (Å²) in [6.45, 7) is 0. The molecule has 70 valence electrons. The van der Waals surface area contributed by atoms with E-state index in [0.29, 0.717) is 0 Å². The summed E-state index contributed by atoms with van der Waals surface area (Å²) in [6.07, 6.45) is 3.19. The Labute approximate surface area is 87.1 Å². The maximum Gasteiger partial charge on any atom is 0.239 e. The van der Waals surface area contributed by atoms with Crippen molar-refractivity contribution >= 4 is 35.9 Å². The summed E-state index contributed by atoms with van der Waals surface area (Å²) in [5.41, 5.74) is 0.778. The fourth-order valence-electron chi connectivity index (χ4n) is 0.529. The van der Waals surface area contributed by atoms with E-state index in [-0.39, 0.29) is 0 Å². The molecule has 0 amide bonds.